The van der Waals surface area contributed by atoms with Crippen LogP contribution in [0, 0.1) is 0 Å². The van der Waals surface area contributed by atoms with Crippen LogP contribution in [0.15, 0.2) is 30.6 Å². The lowest BCUT2D eigenvalue weighted by Crippen LogP contribution is -2.05. The molecule has 0 bridgehead atoms. The molecule has 0 saturated carbocycles. The summed E-state index contributed by atoms with van der Waals surface area (Å²) >= 11 is 0. The van der Waals surface area contributed by atoms with Crippen LogP contribution in [0.2, 0.25) is 0 Å². The highest BCUT2D eigenvalue weighted by Gasteiger charge is 2.30. The topological polar surface area (TPSA) is 43.8 Å². The van der Waals surface area contributed by atoms with Gasteiger partial charge < -0.3 is 5.73 Å². The zero-order valence-corrected chi connectivity index (χ0v) is 10.6. The molecule has 0 unspecified atom stereocenters. The second kappa shape index (κ2) is 4.60. The van der Waals surface area contributed by atoms with E-state index in [-0.39, 0.29) is 11.7 Å². The van der Waals surface area contributed by atoms with E-state index < -0.39 is 11.7 Å². The van der Waals surface area contributed by atoms with E-state index in [1.54, 1.807) is 17.1 Å². The zero-order valence-electron chi connectivity index (χ0n) is 10.6. The maximum absolute atomic E-state index is 12.5. The predicted molar refractivity (Wildman–Crippen MR) is 67.5 cm³/mol. The molecule has 6 heteroatoms. The maximum Gasteiger partial charge on any atom is 0.416 e. The van der Waals surface area contributed by atoms with Crippen LogP contribution < -0.4 is 5.73 Å². The van der Waals surface area contributed by atoms with E-state index in [1.807, 2.05) is 13.8 Å². The number of rotatable bonds is 2. The van der Waals surface area contributed by atoms with Crippen LogP contribution in [0.5, 0.6) is 0 Å². The number of hydrogen-bond acceptors (Lipinski definition) is 2. The number of anilines is 1. The van der Waals surface area contributed by atoms with Crippen molar-refractivity contribution in [3.8, 4) is 11.1 Å². The SMILES string of the molecule is CC(C)n1cc(-c2ccc(C(F)(F)F)cc2N)cn1. The lowest BCUT2D eigenvalue weighted by Gasteiger charge is -2.10. The van der Waals surface area contributed by atoms with Crippen molar-refractivity contribution in [2.24, 2.45) is 0 Å². The van der Waals surface area contributed by atoms with Gasteiger partial charge in [-0.25, -0.2) is 0 Å². The fourth-order valence-corrected chi connectivity index (χ4v) is 1.76. The average molecular weight is 269 g/mol. The molecule has 0 saturated heterocycles. The summed E-state index contributed by atoms with van der Waals surface area (Å²) in [5.74, 6) is 0. The first kappa shape index (κ1) is 13.5. The summed E-state index contributed by atoms with van der Waals surface area (Å²) in [6.07, 6.45) is -1.02. The van der Waals surface area contributed by atoms with Crippen molar-refractivity contribution in [2.45, 2.75) is 26.1 Å². The Morgan fingerprint density at radius 1 is 1.26 bits per heavy atom. The van der Waals surface area contributed by atoms with Gasteiger partial charge in [0.2, 0.25) is 0 Å². The van der Waals surface area contributed by atoms with E-state index in [2.05, 4.69) is 5.10 Å². The van der Waals surface area contributed by atoms with Gasteiger partial charge in [-0.05, 0) is 26.0 Å². The Kier molecular flexibility index (Phi) is 3.26. The minimum absolute atomic E-state index is 0.0955. The number of halogens is 3. The molecule has 102 valence electrons. The molecule has 1 heterocycles. The molecule has 0 radical (unpaired) electrons. The lowest BCUT2D eigenvalue weighted by molar-refractivity contribution is -0.137. The summed E-state index contributed by atoms with van der Waals surface area (Å²) in [4.78, 5) is 0. The van der Waals surface area contributed by atoms with Crippen LogP contribution in [0.4, 0.5) is 18.9 Å². The van der Waals surface area contributed by atoms with E-state index >= 15 is 0 Å². The average Bonchev–Trinajstić information content (AvgIpc) is 2.76. The quantitative estimate of drug-likeness (QED) is 0.844. The molecule has 1 aromatic carbocycles. The number of aromatic nitrogens is 2. The van der Waals surface area contributed by atoms with Crippen LogP contribution in [0.3, 0.4) is 0 Å². The van der Waals surface area contributed by atoms with E-state index in [9.17, 15) is 13.2 Å². The molecule has 0 amide bonds. The molecular formula is C13H14F3N3. The number of hydrogen-bond donors (Lipinski definition) is 1. The molecule has 0 aliphatic heterocycles. The Labute approximate surface area is 108 Å². The predicted octanol–water partition coefficient (Wildman–Crippen LogP) is 3.73. The van der Waals surface area contributed by atoms with Crippen molar-refractivity contribution in [2.75, 3.05) is 5.73 Å². The number of benzene rings is 1. The summed E-state index contributed by atoms with van der Waals surface area (Å²) in [6.45, 7) is 3.93. The van der Waals surface area contributed by atoms with Gasteiger partial charge in [0.25, 0.3) is 0 Å². The number of nitrogens with two attached hydrogens (primary N) is 1. The van der Waals surface area contributed by atoms with Crippen molar-refractivity contribution in [3.63, 3.8) is 0 Å². The molecular weight excluding hydrogens is 255 g/mol. The first-order chi connectivity index (χ1) is 8.79. The summed E-state index contributed by atoms with van der Waals surface area (Å²) in [5.41, 5.74) is 6.31. The molecule has 0 spiro atoms. The monoisotopic (exact) mass is 269 g/mol. The summed E-state index contributed by atoms with van der Waals surface area (Å²) in [7, 11) is 0. The van der Waals surface area contributed by atoms with Crippen molar-refractivity contribution >= 4 is 5.69 Å². The highest BCUT2D eigenvalue weighted by Crippen LogP contribution is 2.34. The van der Waals surface area contributed by atoms with Crippen LogP contribution in [-0.2, 0) is 6.18 Å². The Morgan fingerprint density at radius 2 is 1.95 bits per heavy atom. The Morgan fingerprint density at radius 3 is 2.42 bits per heavy atom. The van der Waals surface area contributed by atoms with Gasteiger partial charge in [-0.15, -0.1) is 0 Å². The molecule has 2 N–H and O–H groups in total. The maximum atomic E-state index is 12.5. The van der Waals surface area contributed by atoms with Crippen LogP contribution in [0.25, 0.3) is 11.1 Å². The zero-order chi connectivity index (χ0) is 14.2. The Hall–Kier alpha value is -1.98. The highest BCUT2D eigenvalue weighted by molar-refractivity contribution is 5.76. The van der Waals surface area contributed by atoms with E-state index in [4.69, 9.17) is 5.73 Å². The van der Waals surface area contributed by atoms with Gasteiger partial charge in [0, 0.05) is 29.1 Å². The van der Waals surface area contributed by atoms with Crippen molar-refractivity contribution in [3.05, 3.63) is 36.2 Å². The minimum atomic E-state index is -4.38. The van der Waals surface area contributed by atoms with E-state index in [0.29, 0.717) is 11.1 Å². The fraction of sp³-hybridized carbons (Fsp3) is 0.308. The molecule has 0 atom stereocenters. The third kappa shape index (κ3) is 2.72. The molecule has 0 fully saturated rings. The summed E-state index contributed by atoms with van der Waals surface area (Å²) < 4.78 is 39.3. The molecule has 2 rings (SSSR count). The van der Waals surface area contributed by atoms with Crippen LogP contribution in [-0.4, -0.2) is 9.78 Å². The van der Waals surface area contributed by atoms with Crippen LogP contribution in [0.1, 0.15) is 25.5 Å². The molecule has 19 heavy (non-hydrogen) atoms. The number of nitrogen functional groups attached to an aromatic ring is 1. The van der Waals surface area contributed by atoms with E-state index in [0.717, 1.165) is 12.1 Å². The third-order valence-corrected chi connectivity index (χ3v) is 2.82. The highest BCUT2D eigenvalue weighted by atomic mass is 19.4. The minimum Gasteiger partial charge on any atom is -0.398 e. The Balaban J connectivity index is 2.40. The van der Waals surface area contributed by atoms with Gasteiger partial charge in [-0.3, -0.25) is 4.68 Å². The third-order valence-electron chi connectivity index (χ3n) is 2.82. The number of alkyl halides is 3. The molecule has 1 aromatic heterocycles. The smallest absolute Gasteiger partial charge is 0.398 e. The van der Waals surface area contributed by atoms with Gasteiger partial charge >= 0.3 is 6.18 Å². The largest absolute Gasteiger partial charge is 0.416 e. The molecule has 0 aliphatic rings. The number of nitrogens with zero attached hydrogens (tertiary/aromatic N) is 2. The van der Waals surface area contributed by atoms with Gasteiger partial charge in [-0.1, -0.05) is 6.07 Å². The molecule has 3 nitrogen and oxygen atoms in total. The van der Waals surface area contributed by atoms with Gasteiger partial charge in [0.1, 0.15) is 0 Å². The Bertz CT molecular complexity index is 585. The standard InChI is InChI=1S/C13H14F3N3/c1-8(2)19-7-9(6-18-19)11-4-3-10(5-12(11)17)13(14,15)16/h3-8H,17H2,1-2H3. The van der Waals surface area contributed by atoms with Crippen molar-refractivity contribution < 1.29 is 13.2 Å². The second-order valence-corrected chi connectivity index (χ2v) is 4.60. The van der Waals surface area contributed by atoms with Crippen LogP contribution >= 0.6 is 0 Å². The summed E-state index contributed by atoms with van der Waals surface area (Å²) in [5, 5.41) is 4.14. The normalized spacial score (nSPS) is 12.1. The lowest BCUT2D eigenvalue weighted by atomic mass is 10.0. The fourth-order valence-electron chi connectivity index (χ4n) is 1.76. The van der Waals surface area contributed by atoms with Crippen molar-refractivity contribution in [1.82, 2.24) is 9.78 Å². The first-order valence-electron chi connectivity index (χ1n) is 5.80. The van der Waals surface area contributed by atoms with E-state index in [1.165, 1.54) is 6.07 Å². The van der Waals surface area contributed by atoms with Gasteiger partial charge in [0.05, 0.1) is 11.8 Å². The molecule has 0 aliphatic carbocycles. The first-order valence-corrected chi connectivity index (χ1v) is 5.80. The summed E-state index contributed by atoms with van der Waals surface area (Å²) in [6, 6.07) is 3.53. The van der Waals surface area contributed by atoms with Gasteiger partial charge in [-0.2, -0.15) is 18.3 Å². The molecule has 2 aromatic rings. The second-order valence-electron chi connectivity index (χ2n) is 4.60. The van der Waals surface area contributed by atoms with Crippen molar-refractivity contribution in [1.29, 1.82) is 0 Å². The van der Waals surface area contributed by atoms with Gasteiger partial charge in [0.15, 0.2) is 0 Å².